The maximum atomic E-state index is 11.4. The molecule has 0 atom stereocenters. The lowest BCUT2D eigenvalue weighted by molar-refractivity contribution is -0.113. The Bertz CT molecular complexity index is 503. The Balaban J connectivity index is 2.74. The number of rotatable bonds is 1. The minimum atomic E-state index is -0.496. The van der Waals surface area contributed by atoms with Gasteiger partial charge in [0.05, 0.1) is 5.75 Å². The predicted octanol–water partition coefficient (Wildman–Crippen LogP) is -0.399. The van der Waals surface area contributed by atoms with Crippen LogP contribution in [0.4, 0.5) is 5.82 Å². The summed E-state index contributed by atoms with van der Waals surface area (Å²) in [7, 11) is 0. The first-order valence-electron chi connectivity index (χ1n) is 4.43. The normalized spacial score (nSPS) is 14.6. The van der Waals surface area contributed by atoms with E-state index in [0.29, 0.717) is 17.3 Å². The van der Waals surface area contributed by atoms with Crippen molar-refractivity contribution in [2.24, 2.45) is 0 Å². The molecule has 80 valence electrons. The molecule has 2 heterocycles. The van der Waals surface area contributed by atoms with E-state index in [1.54, 1.807) is 6.92 Å². The Hall–Kier alpha value is -1.50. The summed E-state index contributed by atoms with van der Waals surface area (Å²) in [6, 6.07) is 0. The third-order valence-corrected chi connectivity index (χ3v) is 3.15. The Morgan fingerprint density at radius 2 is 2.13 bits per heavy atom. The van der Waals surface area contributed by atoms with E-state index in [4.69, 9.17) is 0 Å². The Labute approximate surface area is 88.7 Å². The van der Waals surface area contributed by atoms with Crippen molar-refractivity contribution in [1.29, 1.82) is 0 Å². The fourth-order valence-corrected chi connectivity index (χ4v) is 2.25. The Morgan fingerprint density at radius 1 is 1.40 bits per heavy atom. The molecule has 0 aromatic carbocycles. The number of amides is 1. The quantitative estimate of drug-likeness (QED) is 0.683. The Morgan fingerprint density at radius 3 is 2.80 bits per heavy atom. The first-order valence-corrected chi connectivity index (χ1v) is 5.41. The van der Waals surface area contributed by atoms with E-state index in [9.17, 15) is 14.4 Å². The molecule has 2 N–H and O–H groups in total. The van der Waals surface area contributed by atoms with Crippen molar-refractivity contribution in [2.75, 3.05) is 11.1 Å². The minimum Gasteiger partial charge on any atom is -0.310 e. The second-order valence-electron chi connectivity index (χ2n) is 3.02. The molecular weight excluding hydrogens is 218 g/mol. The molecule has 0 saturated carbocycles. The summed E-state index contributed by atoms with van der Waals surface area (Å²) in [6.45, 7) is 2.17. The van der Waals surface area contributed by atoms with E-state index in [0.717, 1.165) is 11.8 Å². The summed E-state index contributed by atoms with van der Waals surface area (Å²) in [5.41, 5.74) is -0.936. The third kappa shape index (κ3) is 1.58. The molecule has 0 fully saturated rings. The van der Waals surface area contributed by atoms with E-state index in [1.165, 1.54) is 4.57 Å². The van der Waals surface area contributed by atoms with Crippen LogP contribution in [0.25, 0.3) is 0 Å². The van der Waals surface area contributed by atoms with Gasteiger partial charge in [0.25, 0.3) is 5.56 Å². The van der Waals surface area contributed by atoms with Gasteiger partial charge in [0.2, 0.25) is 5.91 Å². The van der Waals surface area contributed by atoms with Crippen LogP contribution < -0.4 is 16.6 Å². The van der Waals surface area contributed by atoms with Crippen molar-refractivity contribution >= 4 is 23.5 Å². The van der Waals surface area contributed by atoms with Gasteiger partial charge in [0, 0.05) is 6.54 Å². The molecule has 0 unspecified atom stereocenters. The van der Waals surface area contributed by atoms with Gasteiger partial charge in [-0.3, -0.25) is 19.1 Å². The van der Waals surface area contributed by atoms with Gasteiger partial charge in [-0.1, -0.05) is 0 Å². The Kier molecular flexibility index (Phi) is 2.39. The molecule has 6 nitrogen and oxygen atoms in total. The number of aromatic amines is 1. The molecule has 0 bridgehead atoms. The number of anilines is 1. The highest BCUT2D eigenvalue weighted by molar-refractivity contribution is 8.00. The van der Waals surface area contributed by atoms with Gasteiger partial charge in [-0.25, -0.2) is 4.79 Å². The zero-order valence-corrected chi connectivity index (χ0v) is 8.81. The highest BCUT2D eigenvalue weighted by atomic mass is 32.2. The number of carbonyl (C=O) groups excluding carboxylic acids is 1. The molecular formula is C8H9N3O3S. The van der Waals surface area contributed by atoms with Gasteiger partial charge in [-0.15, -0.1) is 11.8 Å². The number of fused-ring (bicyclic) bond motifs is 1. The molecule has 0 saturated heterocycles. The maximum absolute atomic E-state index is 11.4. The zero-order valence-electron chi connectivity index (χ0n) is 7.99. The molecule has 1 aromatic heterocycles. The first-order chi connectivity index (χ1) is 7.13. The number of thioether (sulfide) groups is 1. The van der Waals surface area contributed by atoms with Crippen LogP contribution in [0.2, 0.25) is 0 Å². The van der Waals surface area contributed by atoms with Crippen molar-refractivity contribution in [3.8, 4) is 0 Å². The first kappa shape index (κ1) is 10.0. The molecule has 0 aliphatic carbocycles. The van der Waals surface area contributed by atoms with E-state index in [-0.39, 0.29) is 11.7 Å². The fourth-order valence-electron chi connectivity index (χ4n) is 1.42. The third-order valence-electron chi connectivity index (χ3n) is 2.08. The van der Waals surface area contributed by atoms with Crippen molar-refractivity contribution in [2.45, 2.75) is 18.4 Å². The van der Waals surface area contributed by atoms with Crippen LogP contribution in [0.1, 0.15) is 6.92 Å². The number of H-pyrrole nitrogens is 1. The van der Waals surface area contributed by atoms with Gasteiger partial charge in [0.1, 0.15) is 10.7 Å². The smallest absolute Gasteiger partial charge is 0.310 e. The van der Waals surface area contributed by atoms with Gasteiger partial charge >= 0.3 is 5.69 Å². The summed E-state index contributed by atoms with van der Waals surface area (Å²) in [4.78, 5) is 36.6. The molecule has 2 rings (SSSR count). The number of nitrogens with zero attached hydrogens (tertiary/aromatic N) is 1. The van der Waals surface area contributed by atoms with Crippen molar-refractivity contribution < 1.29 is 4.79 Å². The molecule has 7 heteroatoms. The molecule has 0 radical (unpaired) electrons. The van der Waals surface area contributed by atoms with Gasteiger partial charge in [0.15, 0.2) is 0 Å². The molecule has 15 heavy (non-hydrogen) atoms. The molecule has 1 aliphatic heterocycles. The number of hydrogen-bond acceptors (Lipinski definition) is 4. The second-order valence-corrected chi connectivity index (χ2v) is 4.00. The van der Waals surface area contributed by atoms with Gasteiger partial charge in [-0.2, -0.15) is 0 Å². The zero-order chi connectivity index (χ0) is 11.0. The van der Waals surface area contributed by atoms with Crippen LogP contribution in [0, 0.1) is 0 Å². The highest BCUT2D eigenvalue weighted by Gasteiger charge is 2.22. The van der Waals surface area contributed by atoms with Crippen LogP contribution in [-0.2, 0) is 11.3 Å². The van der Waals surface area contributed by atoms with E-state index in [1.807, 2.05) is 0 Å². The van der Waals surface area contributed by atoms with Crippen molar-refractivity contribution in [1.82, 2.24) is 9.55 Å². The highest BCUT2D eigenvalue weighted by Crippen LogP contribution is 2.26. The lowest BCUT2D eigenvalue weighted by Crippen LogP contribution is -2.36. The van der Waals surface area contributed by atoms with Crippen LogP contribution >= 0.6 is 11.8 Å². The number of aromatic nitrogens is 2. The average Bonchev–Trinajstić information content (AvgIpc) is 2.17. The van der Waals surface area contributed by atoms with Crippen LogP contribution in [-0.4, -0.2) is 21.2 Å². The summed E-state index contributed by atoms with van der Waals surface area (Å²) in [5, 5.41) is 2.54. The topological polar surface area (TPSA) is 84.0 Å². The fraction of sp³-hybridized carbons (Fsp3) is 0.375. The van der Waals surface area contributed by atoms with E-state index in [2.05, 4.69) is 10.3 Å². The average molecular weight is 227 g/mol. The van der Waals surface area contributed by atoms with Crippen LogP contribution in [0.5, 0.6) is 0 Å². The minimum absolute atomic E-state index is 0.195. The van der Waals surface area contributed by atoms with Crippen LogP contribution in [0.3, 0.4) is 0 Å². The summed E-state index contributed by atoms with van der Waals surface area (Å²) in [6.07, 6.45) is 0. The summed E-state index contributed by atoms with van der Waals surface area (Å²) >= 11 is 1.15. The van der Waals surface area contributed by atoms with E-state index >= 15 is 0 Å². The van der Waals surface area contributed by atoms with Gasteiger partial charge < -0.3 is 5.32 Å². The molecule has 0 spiro atoms. The largest absolute Gasteiger partial charge is 0.329 e. The number of hydrogen-bond donors (Lipinski definition) is 2. The molecule has 1 aliphatic rings. The lowest BCUT2D eigenvalue weighted by atomic mass is 10.5. The SMILES string of the molecule is CCn1c2c(c(=O)[nH]c1=O)SCC(=O)N2. The standard InChI is InChI=1S/C8H9N3O3S/c1-2-11-6-5(7(13)10-8(11)14)15-3-4(12)9-6/h2-3H2,1H3,(H,9,12)(H,10,13,14). The second kappa shape index (κ2) is 3.58. The van der Waals surface area contributed by atoms with Crippen molar-refractivity contribution in [3.05, 3.63) is 20.8 Å². The number of carbonyl (C=O) groups is 1. The lowest BCUT2D eigenvalue weighted by Gasteiger charge is -2.18. The maximum Gasteiger partial charge on any atom is 0.329 e. The molecule has 1 amide bonds. The summed E-state index contributed by atoms with van der Waals surface area (Å²) < 4.78 is 1.33. The predicted molar refractivity (Wildman–Crippen MR) is 56.4 cm³/mol. The number of nitrogens with one attached hydrogen (secondary N) is 2. The molecule has 1 aromatic rings. The van der Waals surface area contributed by atoms with Gasteiger partial charge in [-0.05, 0) is 6.92 Å². The van der Waals surface area contributed by atoms with E-state index < -0.39 is 11.2 Å². The monoisotopic (exact) mass is 227 g/mol. The van der Waals surface area contributed by atoms with Crippen LogP contribution in [0.15, 0.2) is 14.5 Å². The van der Waals surface area contributed by atoms with Crippen molar-refractivity contribution in [3.63, 3.8) is 0 Å². The summed E-state index contributed by atoms with van der Waals surface area (Å²) in [5.74, 6) is 0.324.